The molecule has 0 bridgehead atoms. The van der Waals surface area contributed by atoms with Crippen molar-refractivity contribution in [2.45, 2.75) is 25.3 Å². The molecule has 0 aliphatic carbocycles. The molecule has 1 aliphatic heterocycles. The predicted molar refractivity (Wildman–Crippen MR) is 141 cm³/mol. The van der Waals surface area contributed by atoms with E-state index in [9.17, 15) is 9.59 Å². The van der Waals surface area contributed by atoms with Crippen molar-refractivity contribution in [1.29, 1.82) is 0 Å². The van der Waals surface area contributed by atoms with Crippen LogP contribution in [-0.4, -0.2) is 48.1 Å². The largest absolute Gasteiger partial charge is 0.497 e. The SMILES string of the molecule is COc1ccc(N2C(=O)C[C@@H](N(CCc3ccccc3)C(=S)NCCc3ccccc3)C2=O)cc1. The maximum atomic E-state index is 13.5. The average molecular weight is 488 g/mol. The van der Waals surface area contributed by atoms with Gasteiger partial charge in [0, 0.05) is 13.1 Å². The molecule has 3 aromatic rings. The molecular formula is C28H29N3O3S. The zero-order valence-corrected chi connectivity index (χ0v) is 20.5. The zero-order valence-electron chi connectivity index (χ0n) is 19.7. The first-order chi connectivity index (χ1) is 17.1. The van der Waals surface area contributed by atoms with Gasteiger partial charge in [-0.25, -0.2) is 4.90 Å². The van der Waals surface area contributed by atoms with Crippen molar-refractivity contribution in [2.75, 3.05) is 25.1 Å². The minimum absolute atomic E-state index is 0.0835. The van der Waals surface area contributed by atoms with E-state index < -0.39 is 6.04 Å². The fourth-order valence-electron chi connectivity index (χ4n) is 4.22. The van der Waals surface area contributed by atoms with Crippen LogP contribution in [0.5, 0.6) is 5.75 Å². The monoisotopic (exact) mass is 487 g/mol. The highest BCUT2D eigenvalue weighted by Crippen LogP contribution is 2.27. The van der Waals surface area contributed by atoms with Crippen molar-refractivity contribution in [3.63, 3.8) is 0 Å². The summed E-state index contributed by atoms with van der Waals surface area (Å²) in [4.78, 5) is 29.5. The predicted octanol–water partition coefficient (Wildman–Crippen LogP) is 3.99. The summed E-state index contributed by atoms with van der Waals surface area (Å²) < 4.78 is 5.20. The van der Waals surface area contributed by atoms with E-state index in [0.717, 1.165) is 12.0 Å². The number of anilines is 1. The van der Waals surface area contributed by atoms with Crippen LogP contribution in [0.15, 0.2) is 84.9 Å². The van der Waals surface area contributed by atoms with Gasteiger partial charge in [0.15, 0.2) is 5.11 Å². The molecule has 1 saturated heterocycles. The fraction of sp³-hybridized carbons (Fsp3) is 0.250. The number of amides is 2. The second-order valence-electron chi connectivity index (χ2n) is 8.38. The van der Waals surface area contributed by atoms with Gasteiger partial charge in [0.05, 0.1) is 19.2 Å². The van der Waals surface area contributed by atoms with Gasteiger partial charge in [-0.2, -0.15) is 0 Å². The van der Waals surface area contributed by atoms with E-state index >= 15 is 0 Å². The van der Waals surface area contributed by atoms with Crippen LogP contribution in [0.3, 0.4) is 0 Å². The number of ether oxygens (including phenoxy) is 1. The highest BCUT2D eigenvalue weighted by molar-refractivity contribution is 7.80. The maximum absolute atomic E-state index is 13.5. The third kappa shape index (κ3) is 6.05. The smallest absolute Gasteiger partial charge is 0.257 e. The number of methoxy groups -OCH3 is 1. The van der Waals surface area contributed by atoms with E-state index in [2.05, 4.69) is 29.6 Å². The van der Waals surface area contributed by atoms with Gasteiger partial charge in [0.25, 0.3) is 5.91 Å². The first-order valence-corrected chi connectivity index (χ1v) is 12.1. The van der Waals surface area contributed by atoms with Gasteiger partial charge in [-0.1, -0.05) is 60.7 Å². The Morgan fingerprint density at radius 3 is 2.14 bits per heavy atom. The van der Waals surface area contributed by atoms with Crippen LogP contribution in [0.4, 0.5) is 5.69 Å². The number of benzene rings is 3. The summed E-state index contributed by atoms with van der Waals surface area (Å²) in [6.45, 7) is 1.17. The van der Waals surface area contributed by atoms with Crippen LogP contribution in [0.2, 0.25) is 0 Å². The normalized spacial score (nSPS) is 15.2. The third-order valence-corrected chi connectivity index (χ3v) is 6.49. The number of rotatable bonds is 9. The second-order valence-corrected chi connectivity index (χ2v) is 8.77. The quantitative estimate of drug-likeness (QED) is 0.364. The molecule has 0 spiro atoms. The third-order valence-electron chi connectivity index (χ3n) is 6.11. The van der Waals surface area contributed by atoms with E-state index in [0.29, 0.717) is 36.1 Å². The van der Waals surface area contributed by atoms with Gasteiger partial charge < -0.3 is 15.0 Å². The molecule has 4 rings (SSSR count). The van der Waals surface area contributed by atoms with Gasteiger partial charge in [0.2, 0.25) is 5.91 Å². The van der Waals surface area contributed by atoms with Crippen LogP contribution in [0.1, 0.15) is 17.5 Å². The number of nitrogens with one attached hydrogen (secondary N) is 1. The summed E-state index contributed by atoms with van der Waals surface area (Å²) in [6, 6.07) is 26.5. The topological polar surface area (TPSA) is 61.9 Å². The molecule has 0 saturated carbocycles. The van der Waals surface area contributed by atoms with Gasteiger partial charge in [-0.15, -0.1) is 0 Å². The molecule has 6 nitrogen and oxygen atoms in total. The molecule has 1 heterocycles. The molecule has 0 aromatic heterocycles. The van der Waals surface area contributed by atoms with E-state index in [1.54, 1.807) is 31.4 Å². The van der Waals surface area contributed by atoms with Crippen molar-refractivity contribution in [1.82, 2.24) is 10.2 Å². The Bertz CT molecular complexity index is 1150. The lowest BCUT2D eigenvalue weighted by Gasteiger charge is -2.30. The summed E-state index contributed by atoms with van der Waals surface area (Å²) in [5, 5.41) is 3.79. The van der Waals surface area contributed by atoms with Crippen molar-refractivity contribution in [3.05, 3.63) is 96.1 Å². The summed E-state index contributed by atoms with van der Waals surface area (Å²) in [7, 11) is 1.58. The van der Waals surface area contributed by atoms with Crippen molar-refractivity contribution < 1.29 is 14.3 Å². The lowest BCUT2D eigenvalue weighted by atomic mass is 10.1. The first-order valence-electron chi connectivity index (χ1n) is 11.7. The van der Waals surface area contributed by atoms with Crippen molar-refractivity contribution in [2.24, 2.45) is 0 Å². The summed E-state index contributed by atoms with van der Waals surface area (Å²) >= 11 is 5.74. The number of hydrogen-bond donors (Lipinski definition) is 1. The first kappa shape index (κ1) is 24.4. The van der Waals surface area contributed by atoms with Gasteiger partial charge in [-0.3, -0.25) is 9.59 Å². The highest BCUT2D eigenvalue weighted by Gasteiger charge is 2.43. The Morgan fingerprint density at radius 2 is 1.54 bits per heavy atom. The maximum Gasteiger partial charge on any atom is 0.257 e. The molecule has 0 unspecified atom stereocenters. The molecule has 35 heavy (non-hydrogen) atoms. The molecule has 180 valence electrons. The molecule has 1 aliphatic rings. The van der Waals surface area contributed by atoms with E-state index in [4.69, 9.17) is 17.0 Å². The fourth-order valence-corrected chi connectivity index (χ4v) is 4.54. The van der Waals surface area contributed by atoms with E-state index in [-0.39, 0.29) is 18.2 Å². The lowest BCUT2D eigenvalue weighted by molar-refractivity contribution is -0.122. The van der Waals surface area contributed by atoms with Gasteiger partial charge in [-0.05, 0) is 60.5 Å². The minimum Gasteiger partial charge on any atom is -0.497 e. The number of thiocarbonyl (C=S) groups is 1. The number of hydrogen-bond acceptors (Lipinski definition) is 4. The molecule has 2 amide bonds. The van der Waals surface area contributed by atoms with Gasteiger partial charge >= 0.3 is 0 Å². The number of nitrogens with zero attached hydrogens (tertiary/aromatic N) is 2. The lowest BCUT2D eigenvalue weighted by Crippen LogP contribution is -2.50. The highest BCUT2D eigenvalue weighted by atomic mass is 32.1. The Labute approximate surface area is 211 Å². The standard InChI is InChI=1S/C28H29N3O3S/c1-34-24-14-12-23(13-15-24)31-26(32)20-25(27(31)33)30(19-17-22-10-6-3-7-11-22)28(35)29-18-16-21-8-4-2-5-9-21/h2-15,25H,16-20H2,1H3,(H,29,35)/t25-/m1/s1. The molecule has 1 fully saturated rings. The second kappa shape index (κ2) is 11.6. The van der Waals surface area contributed by atoms with Crippen LogP contribution in [0, 0.1) is 0 Å². The van der Waals surface area contributed by atoms with Crippen LogP contribution in [-0.2, 0) is 22.4 Å². The Morgan fingerprint density at radius 1 is 0.943 bits per heavy atom. The van der Waals surface area contributed by atoms with Crippen LogP contribution >= 0.6 is 12.2 Å². The Balaban J connectivity index is 1.49. The van der Waals surface area contributed by atoms with Gasteiger partial charge in [0.1, 0.15) is 11.8 Å². The summed E-state index contributed by atoms with van der Waals surface area (Å²) in [6.07, 6.45) is 1.60. The molecule has 7 heteroatoms. The van der Waals surface area contributed by atoms with E-state index in [1.807, 2.05) is 41.3 Å². The number of imide groups is 1. The number of carbonyl (C=O) groups excluding carboxylic acids is 2. The zero-order chi connectivity index (χ0) is 24.6. The number of carbonyl (C=O) groups is 2. The molecule has 1 N–H and O–H groups in total. The van der Waals surface area contributed by atoms with E-state index in [1.165, 1.54) is 10.5 Å². The summed E-state index contributed by atoms with van der Waals surface area (Å²) in [5.41, 5.74) is 2.89. The van der Waals surface area contributed by atoms with Crippen LogP contribution in [0.25, 0.3) is 0 Å². The summed E-state index contributed by atoms with van der Waals surface area (Å²) in [5.74, 6) is 0.167. The molecule has 0 radical (unpaired) electrons. The molecular weight excluding hydrogens is 458 g/mol. The molecule has 3 aromatic carbocycles. The Kier molecular flexibility index (Phi) is 8.11. The Hall–Kier alpha value is -3.71. The van der Waals surface area contributed by atoms with Crippen LogP contribution < -0.4 is 15.0 Å². The van der Waals surface area contributed by atoms with Crippen molar-refractivity contribution in [3.8, 4) is 5.75 Å². The minimum atomic E-state index is -0.648. The average Bonchev–Trinajstić information content (AvgIpc) is 3.19. The van der Waals surface area contributed by atoms with Crippen molar-refractivity contribution >= 4 is 34.8 Å². The molecule has 1 atom stereocenters.